The smallest absolute Gasteiger partial charge is 0.261 e. The number of nitrogens with zero attached hydrogens (tertiary/aromatic N) is 3. The van der Waals surface area contributed by atoms with Crippen LogP contribution in [0.2, 0.25) is 0 Å². The summed E-state index contributed by atoms with van der Waals surface area (Å²) in [5.74, 6) is -0.781. The number of nitrogens with one attached hydrogen (secondary N) is 1. The average molecular weight is 537 g/mol. The first-order valence-electron chi connectivity index (χ1n) is 13.4. The number of rotatable bonds is 7. The number of amides is 4. The van der Waals surface area contributed by atoms with Crippen molar-refractivity contribution < 1.29 is 19.2 Å². The minimum Gasteiger partial charge on any atom is -0.315 e. The molecule has 0 fully saturated rings. The van der Waals surface area contributed by atoms with Gasteiger partial charge in [0.2, 0.25) is 0 Å². The molecule has 0 atom stereocenters. The van der Waals surface area contributed by atoms with E-state index in [0.717, 1.165) is 28.1 Å². The maximum Gasteiger partial charge on any atom is 0.261 e. The molecule has 0 radical (unpaired) electrons. The summed E-state index contributed by atoms with van der Waals surface area (Å²) in [5.41, 5.74) is 2.48. The molecule has 4 aromatic carbocycles. The topological polar surface area (TPSA) is 90.0 Å². The van der Waals surface area contributed by atoms with Crippen LogP contribution in [0.25, 0.3) is 21.5 Å². The average Bonchev–Trinajstić information content (AvgIpc) is 2.96. The molecule has 40 heavy (non-hydrogen) atoms. The quantitative estimate of drug-likeness (QED) is 0.283. The fourth-order valence-electron chi connectivity index (χ4n) is 5.23. The Morgan fingerprint density at radius 1 is 0.600 bits per heavy atom. The van der Waals surface area contributed by atoms with Crippen LogP contribution in [-0.2, 0) is 0 Å². The van der Waals surface area contributed by atoms with Gasteiger partial charge in [-0.25, -0.2) is 0 Å². The van der Waals surface area contributed by atoms with Gasteiger partial charge < -0.3 is 10.2 Å². The summed E-state index contributed by atoms with van der Waals surface area (Å²) >= 11 is 0. The Hall–Kier alpha value is -4.40. The van der Waals surface area contributed by atoms with Crippen molar-refractivity contribution in [1.82, 2.24) is 20.0 Å². The molecule has 8 heteroatoms. The monoisotopic (exact) mass is 536 g/mol. The van der Waals surface area contributed by atoms with Gasteiger partial charge in [-0.2, -0.15) is 0 Å². The number of likely N-dealkylation sites (N-methyl/N-ethyl adjacent to an activating group) is 2. The molecule has 4 amide bonds. The van der Waals surface area contributed by atoms with Gasteiger partial charge in [0.25, 0.3) is 23.6 Å². The molecule has 8 nitrogen and oxygen atoms in total. The first-order valence-corrected chi connectivity index (χ1v) is 13.4. The van der Waals surface area contributed by atoms with Crippen LogP contribution >= 0.6 is 0 Å². The van der Waals surface area contributed by atoms with Gasteiger partial charge in [0.1, 0.15) is 0 Å². The molecule has 0 aromatic heterocycles. The molecule has 2 aliphatic rings. The SMILES string of the molecule is CCNCCN1C(=O)c2cccc3cccc(c23)C1=O.CN(C)CCN1C(=O)c2cccc3cccc(c23)C1=O. The second-order valence-electron chi connectivity index (χ2n) is 10.1. The zero-order valence-electron chi connectivity index (χ0n) is 22.9. The molecule has 0 bridgehead atoms. The van der Waals surface area contributed by atoms with E-state index in [4.69, 9.17) is 0 Å². The number of carbonyl (C=O) groups excluding carboxylic acids is 4. The van der Waals surface area contributed by atoms with E-state index in [2.05, 4.69) is 5.32 Å². The normalized spacial score (nSPS) is 14.3. The van der Waals surface area contributed by atoms with Crippen LogP contribution in [-0.4, -0.2) is 85.1 Å². The molecule has 204 valence electrons. The maximum absolute atomic E-state index is 12.5. The van der Waals surface area contributed by atoms with Gasteiger partial charge in [0.05, 0.1) is 0 Å². The fourth-order valence-corrected chi connectivity index (χ4v) is 5.23. The summed E-state index contributed by atoms with van der Waals surface area (Å²) in [6.07, 6.45) is 0. The van der Waals surface area contributed by atoms with Crippen LogP contribution in [0, 0.1) is 0 Å². The molecule has 4 aromatic rings. The van der Waals surface area contributed by atoms with E-state index in [1.807, 2.05) is 74.4 Å². The third kappa shape index (κ3) is 4.87. The van der Waals surface area contributed by atoms with E-state index in [-0.39, 0.29) is 23.6 Å². The summed E-state index contributed by atoms with van der Waals surface area (Å²) < 4.78 is 0. The highest BCUT2D eigenvalue weighted by Gasteiger charge is 2.33. The van der Waals surface area contributed by atoms with Crippen molar-refractivity contribution in [3.63, 3.8) is 0 Å². The fraction of sp³-hybridized carbons (Fsp3) is 0.250. The van der Waals surface area contributed by atoms with Crippen LogP contribution in [0.5, 0.6) is 0 Å². The first kappa shape index (κ1) is 27.2. The number of benzene rings is 4. The standard InChI is InChI=1S/2C16H16N2O2/c1-17(2)9-10-18-15(19)12-7-3-5-11-6-4-8-13(14(11)12)16(18)20;1-2-17-9-10-18-15(19)12-7-3-5-11-6-4-8-13(14(11)12)16(18)20/h3-8H,9-10H2,1-2H3;3-8,17H,2,9-10H2,1H3. The highest BCUT2D eigenvalue weighted by molar-refractivity contribution is 6.26. The Morgan fingerprint density at radius 3 is 1.32 bits per heavy atom. The predicted octanol–water partition coefficient (Wildman–Crippen LogP) is 4.04. The molecule has 2 heterocycles. The highest BCUT2D eigenvalue weighted by Crippen LogP contribution is 2.31. The van der Waals surface area contributed by atoms with Gasteiger partial charge in [-0.15, -0.1) is 0 Å². The van der Waals surface area contributed by atoms with E-state index in [0.29, 0.717) is 48.4 Å². The van der Waals surface area contributed by atoms with Crippen molar-refractivity contribution in [3.05, 3.63) is 95.1 Å². The number of carbonyl (C=O) groups is 4. The third-order valence-electron chi connectivity index (χ3n) is 7.24. The summed E-state index contributed by atoms with van der Waals surface area (Å²) in [5, 5.41) is 6.58. The molecule has 0 spiro atoms. The molecule has 1 N–H and O–H groups in total. The summed E-state index contributed by atoms with van der Waals surface area (Å²) in [6, 6.07) is 22.3. The second-order valence-corrected chi connectivity index (χ2v) is 10.1. The Kier molecular flexibility index (Phi) is 7.73. The van der Waals surface area contributed by atoms with E-state index < -0.39 is 0 Å². The summed E-state index contributed by atoms with van der Waals surface area (Å²) in [4.78, 5) is 54.6. The van der Waals surface area contributed by atoms with E-state index in [1.54, 1.807) is 24.3 Å². The predicted molar refractivity (Wildman–Crippen MR) is 156 cm³/mol. The van der Waals surface area contributed by atoms with Crippen molar-refractivity contribution in [2.24, 2.45) is 0 Å². The van der Waals surface area contributed by atoms with Crippen LogP contribution in [0.1, 0.15) is 48.4 Å². The molecule has 0 unspecified atom stereocenters. The van der Waals surface area contributed by atoms with Crippen molar-refractivity contribution >= 4 is 45.2 Å². The van der Waals surface area contributed by atoms with Crippen molar-refractivity contribution in [1.29, 1.82) is 0 Å². The molecular weight excluding hydrogens is 504 g/mol. The summed E-state index contributed by atoms with van der Waals surface area (Å²) in [7, 11) is 3.85. The van der Waals surface area contributed by atoms with Gasteiger partial charge in [0, 0.05) is 59.2 Å². The zero-order valence-corrected chi connectivity index (χ0v) is 22.9. The van der Waals surface area contributed by atoms with Crippen molar-refractivity contribution in [2.45, 2.75) is 6.92 Å². The number of hydrogen-bond acceptors (Lipinski definition) is 6. The van der Waals surface area contributed by atoms with Crippen LogP contribution in [0.15, 0.2) is 72.8 Å². The lowest BCUT2D eigenvalue weighted by atomic mass is 9.94. The minimum atomic E-state index is -0.197. The van der Waals surface area contributed by atoms with Crippen LogP contribution in [0.3, 0.4) is 0 Å². The molecular formula is C32H32N4O4. The highest BCUT2D eigenvalue weighted by atomic mass is 16.2. The minimum absolute atomic E-state index is 0.193. The zero-order chi connectivity index (χ0) is 28.4. The Labute approximate surface area is 233 Å². The Bertz CT molecular complexity index is 1540. The van der Waals surface area contributed by atoms with Crippen LogP contribution in [0.4, 0.5) is 0 Å². The van der Waals surface area contributed by atoms with Gasteiger partial charge in [-0.05, 0) is 55.7 Å². The maximum atomic E-state index is 12.5. The number of imide groups is 2. The van der Waals surface area contributed by atoms with Crippen molar-refractivity contribution in [3.8, 4) is 0 Å². The largest absolute Gasteiger partial charge is 0.315 e. The van der Waals surface area contributed by atoms with E-state index in [9.17, 15) is 19.2 Å². The Balaban J connectivity index is 0.000000161. The molecule has 0 aliphatic carbocycles. The lowest BCUT2D eigenvalue weighted by molar-refractivity contribution is 0.0590. The van der Waals surface area contributed by atoms with Crippen LogP contribution < -0.4 is 5.32 Å². The van der Waals surface area contributed by atoms with Gasteiger partial charge in [-0.3, -0.25) is 29.0 Å². The molecule has 2 aliphatic heterocycles. The van der Waals surface area contributed by atoms with Gasteiger partial charge in [0.15, 0.2) is 0 Å². The van der Waals surface area contributed by atoms with Gasteiger partial charge >= 0.3 is 0 Å². The Morgan fingerprint density at radius 2 is 0.975 bits per heavy atom. The van der Waals surface area contributed by atoms with Gasteiger partial charge in [-0.1, -0.05) is 55.5 Å². The van der Waals surface area contributed by atoms with E-state index >= 15 is 0 Å². The number of hydrogen-bond donors (Lipinski definition) is 1. The first-order chi connectivity index (χ1) is 19.3. The molecule has 6 rings (SSSR count). The third-order valence-corrected chi connectivity index (χ3v) is 7.24. The van der Waals surface area contributed by atoms with Crippen molar-refractivity contribution in [2.75, 3.05) is 46.8 Å². The lowest BCUT2D eigenvalue weighted by Crippen LogP contribution is -2.43. The second kappa shape index (κ2) is 11.4. The van der Waals surface area contributed by atoms with E-state index in [1.165, 1.54) is 9.80 Å². The molecule has 0 saturated heterocycles. The summed E-state index contributed by atoms with van der Waals surface area (Å²) in [6.45, 7) is 4.91. The molecule has 0 saturated carbocycles. The lowest BCUT2D eigenvalue weighted by Gasteiger charge is -2.28.